The number of nitrogens with zero attached hydrogens (tertiary/aromatic N) is 1. The van der Waals surface area contributed by atoms with Gasteiger partial charge in [-0.2, -0.15) is 0 Å². The SMILES string of the molecule is c1ccc(-c2ccc(C3c4ccccc4-c4cc5c6ccccc6n(-c6ccc(-c7ccccc7)cc6-c6ccccc6)c5cc43)cc2)cc1. The Morgan fingerprint density at radius 3 is 1.64 bits per heavy atom. The molecule has 1 aliphatic rings. The van der Waals surface area contributed by atoms with Crippen LogP contribution >= 0.6 is 0 Å². The molecule has 234 valence electrons. The van der Waals surface area contributed by atoms with Gasteiger partial charge in [-0.25, -0.2) is 0 Å². The highest BCUT2D eigenvalue weighted by atomic mass is 15.0. The zero-order valence-corrected chi connectivity index (χ0v) is 27.5. The van der Waals surface area contributed by atoms with Crippen molar-refractivity contribution < 1.29 is 0 Å². The van der Waals surface area contributed by atoms with Crippen LogP contribution in [0.5, 0.6) is 0 Å². The van der Waals surface area contributed by atoms with E-state index in [1.165, 1.54) is 88.7 Å². The molecule has 1 atom stereocenters. The molecule has 0 saturated carbocycles. The van der Waals surface area contributed by atoms with Gasteiger partial charge in [0, 0.05) is 22.3 Å². The second-order valence-corrected chi connectivity index (χ2v) is 13.3. The van der Waals surface area contributed by atoms with Crippen LogP contribution in [0.2, 0.25) is 0 Å². The van der Waals surface area contributed by atoms with Crippen molar-refractivity contribution in [2.45, 2.75) is 5.92 Å². The van der Waals surface area contributed by atoms with E-state index in [1.807, 2.05) is 0 Å². The van der Waals surface area contributed by atoms with Crippen molar-refractivity contribution in [1.29, 1.82) is 0 Å². The summed E-state index contributed by atoms with van der Waals surface area (Å²) in [6.45, 7) is 0. The van der Waals surface area contributed by atoms with E-state index < -0.39 is 0 Å². The maximum atomic E-state index is 2.50. The zero-order valence-electron chi connectivity index (χ0n) is 27.5. The molecule has 10 rings (SSSR count). The standard InChI is InChI=1S/C49H33N/c1-4-14-33(15-5-1)35-24-26-37(27-25-35)49-41-22-11-10-20-39(41)43-31-44-40-21-12-13-23-46(40)50(48(44)32-45(43)49)47-29-28-38(34-16-6-2-7-17-34)30-42(47)36-18-8-3-9-19-36/h1-32,49H. The lowest BCUT2D eigenvalue weighted by Gasteiger charge is -2.18. The summed E-state index contributed by atoms with van der Waals surface area (Å²) in [5, 5.41) is 2.55. The summed E-state index contributed by atoms with van der Waals surface area (Å²) < 4.78 is 2.50. The molecule has 1 aromatic heterocycles. The summed E-state index contributed by atoms with van der Waals surface area (Å²) in [6.07, 6.45) is 0. The number of benzene rings is 8. The molecule has 50 heavy (non-hydrogen) atoms. The highest BCUT2D eigenvalue weighted by Gasteiger charge is 2.31. The third kappa shape index (κ3) is 4.55. The van der Waals surface area contributed by atoms with Gasteiger partial charge in [0.05, 0.1) is 16.7 Å². The summed E-state index contributed by atoms with van der Waals surface area (Å²) in [5.41, 5.74) is 17.7. The number of hydrogen-bond donors (Lipinski definition) is 0. The molecular formula is C49H33N. The second kappa shape index (κ2) is 11.6. The van der Waals surface area contributed by atoms with Crippen molar-refractivity contribution >= 4 is 21.8 Å². The van der Waals surface area contributed by atoms with Crippen LogP contribution in [0.1, 0.15) is 22.6 Å². The number of rotatable bonds is 5. The molecule has 0 N–H and O–H groups in total. The Morgan fingerprint density at radius 2 is 0.900 bits per heavy atom. The third-order valence-electron chi connectivity index (χ3n) is 10.5. The summed E-state index contributed by atoms with van der Waals surface area (Å²) in [6, 6.07) is 71.1. The van der Waals surface area contributed by atoms with E-state index in [1.54, 1.807) is 0 Å². The molecule has 0 bridgehead atoms. The van der Waals surface area contributed by atoms with Crippen LogP contribution in [-0.2, 0) is 0 Å². The topological polar surface area (TPSA) is 4.93 Å². The molecule has 1 heteroatoms. The maximum absolute atomic E-state index is 2.50. The summed E-state index contributed by atoms with van der Waals surface area (Å²) in [5.74, 6) is 0.149. The van der Waals surface area contributed by atoms with Gasteiger partial charge in [0.1, 0.15) is 0 Å². The molecule has 0 saturated heterocycles. The van der Waals surface area contributed by atoms with E-state index in [0.29, 0.717) is 0 Å². The molecule has 1 nitrogen and oxygen atoms in total. The van der Waals surface area contributed by atoms with E-state index in [9.17, 15) is 0 Å². The first-order valence-corrected chi connectivity index (χ1v) is 17.4. The van der Waals surface area contributed by atoms with Gasteiger partial charge in [0.25, 0.3) is 0 Å². The number of aromatic nitrogens is 1. The molecule has 1 unspecified atom stereocenters. The Hall–Kier alpha value is -6.44. The Morgan fingerprint density at radius 1 is 0.320 bits per heavy atom. The molecular weight excluding hydrogens is 603 g/mol. The number of hydrogen-bond acceptors (Lipinski definition) is 0. The molecule has 0 amide bonds. The average Bonchev–Trinajstić information content (AvgIpc) is 3.70. The van der Waals surface area contributed by atoms with E-state index in [-0.39, 0.29) is 5.92 Å². The van der Waals surface area contributed by atoms with Crippen LogP contribution in [0.25, 0.3) is 72.0 Å². The molecule has 0 spiro atoms. The smallest absolute Gasteiger partial charge is 0.0544 e. The third-order valence-corrected chi connectivity index (χ3v) is 10.5. The first kappa shape index (κ1) is 28.6. The van der Waals surface area contributed by atoms with Crippen LogP contribution in [0, 0.1) is 0 Å². The lowest BCUT2D eigenvalue weighted by molar-refractivity contribution is 1.01. The van der Waals surface area contributed by atoms with Gasteiger partial charge >= 0.3 is 0 Å². The molecule has 0 aliphatic heterocycles. The van der Waals surface area contributed by atoms with Gasteiger partial charge in [-0.15, -0.1) is 0 Å². The molecule has 1 aliphatic carbocycles. The zero-order chi connectivity index (χ0) is 33.0. The fraction of sp³-hybridized carbons (Fsp3) is 0.0204. The van der Waals surface area contributed by atoms with Crippen molar-refractivity contribution in [2.75, 3.05) is 0 Å². The lowest BCUT2D eigenvalue weighted by atomic mass is 9.88. The Labute approximate surface area is 292 Å². The molecule has 0 radical (unpaired) electrons. The van der Waals surface area contributed by atoms with Crippen LogP contribution in [0.3, 0.4) is 0 Å². The number of fused-ring (bicyclic) bond motifs is 6. The second-order valence-electron chi connectivity index (χ2n) is 13.3. The lowest BCUT2D eigenvalue weighted by Crippen LogP contribution is -2.01. The largest absolute Gasteiger partial charge is 0.309 e. The van der Waals surface area contributed by atoms with E-state index in [2.05, 4.69) is 199 Å². The van der Waals surface area contributed by atoms with Crippen molar-refractivity contribution in [3.8, 4) is 50.2 Å². The summed E-state index contributed by atoms with van der Waals surface area (Å²) in [4.78, 5) is 0. The van der Waals surface area contributed by atoms with Crippen LogP contribution < -0.4 is 0 Å². The summed E-state index contributed by atoms with van der Waals surface area (Å²) >= 11 is 0. The first-order valence-electron chi connectivity index (χ1n) is 17.4. The average molecular weight is 636 g/mol. The van der Waals surface area contributed by atoms with Crippen LogP contribution in [-0.4, -0.2) is 4.57 Å². The van der Waals surface area contributed by atoms with Gasteiger partial charge in [-0.1, -0.05) is 164 Å². The van der Waals surface area contributed by atoms with Crippen molar-refractivity contribution in [1.82, 2.24) is 4.57 Å². The van der Waals surface area contributed by atoms with Crippen molar-refractivity contribution in [3.63, 3.8) is 0 Å². The van der Waals surface area contributed by atoms with Gasteiger partial charge in [0.2, 0.25) is 0 Å². The Balaban J connectivity index is 1.22. The number of para-hydroxylation sites is 1. The van der Waals surface area contributed by atoms with E-state index in [4.69, 9.17) is 0 Å². The molecule has 9 aromatic rings. The fourth-order valence-electron chi connectivity index (χ4n) is 8.17. The minimum absolute atomic E-state index is 0.149. The Bertz CT molecular complexity index is 2670. The van der Waals surface area contributed by atoms with E-state index >= 15 is 0 Å². The quantitative estimate of drug-likeness (QED) is 0.177. The molecule has 1 heterocycles. The van der Waals surface area contributed by atoms with Gasteiger partial charge < -0.3 is 4.57 Å². The first-order chi connectivity index (χ1) is 24.8. The highest BCUT2D eigenvalue weighted by molar-refractivity contribution is 6.12. The predicted octanol–water partition coefficient (Wildman–Crippen LogP) is 12.9. The predicted molar refractivity (Wildman–Crippen MR) is 210 cm³/mol. The van der Waals surface area contributed by atoms with Crippen molar-refractivity contribution in [3.05, 3.63) is 211 Å². The minimum atomic E-state index is 0.149. The van der Waals surface area contributed by atoms with Gasteiger partial charge in [-0.3, -0.25) is 0 Å². The molecule has 0 fully saturated rings. The van der Waals surface area contributed by atoms with E-state index in [0.717, 1.165) is 0 Å². The minimum Gasteiger partial charge on any atom is -0.309 e. The Kier molecular flexibility index (Phi) is 6.63. The highest BCUT2D eigenvalue weighted by Crippen LogP contribution is 2.51. The van der Waals surface area contributed by atoms with Crippen LogP contribution in [0.15, 0.2) is 194 Å². The van der Waals surface area contributed by atoms with Gasteiger partial charge in [0.15, 0.2) is 0 Å². The fourth-order valence-corrected chi connectivity index (χ4v) is 8.17. The molecule has 8 aromatic carbocycles. The maximum Gasteiger partial charge on any atom is 0.0544 e. The van der Waals surface area contributed by atoms with Crippen molar-refractivity contribution in [2.24, 2.45) is 0 Å². The summed E-state index contributed by atoms with van der Waals surface area (Å²) in [7, 11) is 0. The van der Waals surface area contributed by atoms with Crippen LogP contribution in [0.4, 0.5) is 0 Å². The van der Waals surface area contributed by atoms with Gasteiger partial charge in [-0.05, 0) is 86.0 Å². The monoisotopic (exact) mass is 635 g/mol. The normalized spacial score (nSPS) is 13.4.